The highest BCUT2D eigenvalue weighted by Crippen LogP contribution is 2.30. The Morgan fingerprint density at radius 1 is 1.09 bits per heavy atom. The average molecular weight is 321 g/mol. The second-order valence-corrected chi connectivity index (χ2v) is 4.96. The van der Waals surface area contributed by atoms with E-state index in [1.54, 1.807) is 12.1 Å². The van der Waals surface area contributed by atoms with Crippen molar-refractivity contribution in [3.8, 4) is 11.5 Å². The van der Waals surface area contributed by atoms with Gasteiger partial charge in [0.25, 0.3) is 0 Å². The molecule has 4 nitrogen and oxygen atoms in total. The van der Waals surface area contributed by atoms with Gasteiger partial charge in [-0.25, -0.2) is 8.78 Å². The Labute approximate surface area is 133 Å². The molecule has 0 radical (unpaired) electrons. The summed E-state index contributed by atoms with van der Waals surface area (Å²) in [7, 11) is 3.01. The summed E-state index contributed by atoms with van der Waals surface area (Å²) in [6, 6.07) is 6.82. The first-order valence-electron chi connectivity index (χ1n) is 6.91. The molecule has 1 amide bonds. The van der Waals surface area contributed by atoms with Crippen LogP contribution < -0.4 is 14.8 Å². The number of anilines is 1. The van der Waals surface area contributed by atoms with Crippen molar-refractivity contribution in [2.24, 2.45) is 0 Å². The van der Waals surface area contributed by atoms with Crippen molar-refractivity contribution in [3.63, 3.8) is 0 Å². The number of rotatable bonds is 5. The van der Waals surface area contributed by atoms with Crippen LogP contribution in [0.25, 0.3) is 0 Å². The lowest BCUT2D eigenvalue weighted by molar-refractivity contribution is -0.115. The molecule has 0 spiro atoms. The summed E-state index contributed by atoms with van der Waals surface area (Å²) in [4.78, 5) is 12.1. The minimum Gasteiger partial charge on any atom is -0.493 e. The first-order valence-corrected chi connectivity index (χ1v) is 6.91. The van der Waals surface area contributed by atoms with E-state index < -0.39 is 23.2 Å². The van der Waals surface area contributed by atoms with E-state index in [1.807, 2.05) is 6.92 Å². The number of ether oxygens (including phenoxy) is 2. The van der Waals surface area contributed by atoms with E-state index >= 15 is 0 Å². The van der Waals surface area contributed by atoms with Crippen molar-refractivity contribution in [1.82, 2.24) is 0 Å². The van der Waals surface area contributed by atoms with Crippen molar-refractivity contribution < 1.29 is 23.0 Å². The number of amides is 1. The molecule has 0 aliphatic carbocycles. The molecule has 0 aliphatic rings. The van der Waals surface area contributed by atoms with Gasteiger partial charge in [0.1, 0.15) is 17.3 Å². The molecule has 0 aliphatic heterocycles. The minimum absolute atomic E-state index is 0.0417. The number of carbonyl (C=O) groups is 1. The molecule has 6 heteroatoms. The average Bonchev–Trinajstić information content (AvgIpc) is 2.52. The summed E-state index contributed by atoms with van der Waals surface area (Å²) >= 11 is 0. The summed E-state index contributed by atoms with van der Waals surface area (Å²) in [5.41, 5.74) is 1.04. The molecule has 2 aromatic carbocycles. The standard InChI is InChI=1S/C17H17F2NO3/c1-10-7-14(22-2)15(23-3)8-11(10)9-16(21)20-17-12(18)5-4-6-13(17)19/h4-8H,9H2,1-3H3,(H,20,21). The molecular formula is C17H17F2NO3. The van der Waals surface area contributed by atoms with Crippen molar-refractivity contribution in [2.45, 2.75) is 13.3 Å². The third-order valence-electron chi connectivity index (χ3n) is 3.42. The molecular weight excluding hydrogens is 304 g/mol. The molecule has 2 rings (SSSR count). The van der Waals surface area contributed by atoms with Crippen LogP contribution in [0.2, 0.25) is 0 Å². The lowest BCUT2D eigenvalue weighted by atomic mass is 10.0. The van der Waals surface area contributed by atoms with E-state index in [4.69, 9.17) is 9.47 Å². The van der Waals surface area contributed by atoms with Crippen molar-refractivity contribution in [3.05, 3.63) is 53.1 Å². The summed E-state index contributed by atoms with van der Waals surface area (Å²) < 4.78 is 37.5. The number of aryl methyl sites for hydroxylation is 1. The Morgan fingerprint density at radius 3 is 2.22 bits per heavy atom. The molecule has 23 heavy (non-hydrogen) atoms. The summed E-state index contributed by atoms with van der Waals surface area (Å²) in [5.74, 6) is -1.12. The molecule has 0 atom stereocenters. The molecule has 0 heterocycles. The molecule has 0 saturated carbocycles. The molecule has 0 aromatic heterocycles. The Bertz CT molecular complexity index is 712. The maximum absolute atomic E-state index is 13.6. The number of hydrogen-bond acceptors (Lipinski definition) is 3. The number of benzene rings is 2. The Morgan fingerprint density at radius 2 is 1.65 bits per heavy atom. The van der Waals surface area contributed by atoms with E-state index in [-0.39, 0.29) is 6.42 Å². The number of para-hydroxylation sites is 1. The highest BCUT2D eigenvalue weighted by molar-refractivity contribution is 5.92. The summed E-state index contributed by atoms with van der Waals surface area (Å²) in [6.45, 7) is 1.81. The third kappa shape index (κ3) is 3.77. The quantitative estimate of drug-likeness (QED) is 0.917. The highest BCUT2D eigenvalue weighted by Gasteiger charge is 2.15. The monoisotopic (exact) mass is 321 g/mol. The predicted molar refractivity (Wildman–Crippen MR) is 83.0 cm³/mol. The van der Waals surface area contributed by atoms with E-state index in [9.17, 15) is 13.6 Å². The van der Waals surface area contributed by atoms with Gasteiger partial charge < -0.3 is 14.8 Å². The van der Waals surface area contributed by atoms with Crippen LogP contribution in [0.1, 0.15) is 11.1 Å². The number of halogens is 2. The van der Waals surface area contributed by atoms with Gasteiger partial charge in [0.05, 0.1) is 20.6 Å². The molecule has 0 saturated heterocycles. The normalized spacial score (nSPS) is 10.3. The zero-order valence-corrected chi connectivity index (χ0v) is 13.1. The largest absolute Gasteiger partial charge is 0.493 e. The summed E-state index contributed by atoms with van der Waals surface area (Å²) in [5, 5.41) is 2.26. The smallest absolute Gasteiger partial charge is 0.228 e. The van der Waals surface area contributed by atoms with Crippen LogP contribution in [0.3, 0.4) is 0 Å². The number of methoxy groups -OCH3 is 2. The third-order valence-corrected chi connectivity index (χ3v) is 3.42. The van der Waals surface area contributed by atoms with Crippen molar-refractivity contribution in [2.75, 3.05) is 19.5 Å². The van der Waals surface area contributed by atoms with Crippen molar-refractivity contribution >= 4 is 11.6 Å². The fraction of sp³-hybridized carbons (Fsp3) is 0.235. The molecule has 2 aromatic rings. The molecule has 1 N–H and O–H groups in total. The first-order chi connectivity index (χ1) is 11.0. The number of carbonyl (C=O) groups excluding carboxylic acids is 1. The molecule has 122 valence electrons. The van der Waals surface area contributed by atoms with Gasteiger partial charge in [-0.1, -0.05) is 6.07 Å². The number of hydrogen-bond donors (Lipinski definition) is 1. The molecule has 0 bridgehead atoms. The zero-order chi connectivity index (χ0) is 17.0. The molecule has 0 unspecified atom stereocenters. The van der Waals surface area contributed by atoms with Crippen LogP contribution in [0.4, 0.5) is 14.5 Å². The van der Waals surface area contributed by atoms with Crippen LogP contribution in [-0.2, 0) is 11.2 Å². The maximum atomic E-state index is 13.6. The van der Waals surface area contributed by atoms with Crippen LogP contribution in [-0.4, -0.2) is 20.1 Å². The van der Waals surface area contributed by atoms with E-state index in [2.05, 4.69) is 5.32 Å². The van der Waals surface area contributed by atoms with Gasteiger partial charge in [-0.2, -0.15) is 0 Å². The Hall–Kier alpha value is -2.63. The van der Waals surface area contributed by atoms with Crippen LogP contribution in [0.15, 0.2) is 30.3 Å². The fourth-order valence-electron chi connectivity index (χ4n) is 2.19. The zero-order valence-electron chi connectivity index (χ0n) is 13.1. The Balaban J connectivity index is 2.20. The van der Waals surface area contributed by atoms with Gasteiger partial charge in [-0.05, 0) is 42.3 Å². The second-order valence-electron chi connectivity index (χ2n) is 4.96. The number of nitrogens with one attached hydrogen (secondary N) is 1. The summed E-state index contributed by atoms with van der Waals surface area (Å²) in [6.07, 6.45) is -0.0417. The highest BCUT2D eigenvalue weighted by atomic mass is 19.1. The molecule has 0 fully saturated rings. The Kier molecular flexibility index (Phi) is 5.16. The SMILES string of the molecule is COc1cc(C)c(CC(=O)Nc2c(F)cccc2F)cc1OC. The van der Waals surface area contributed by atoms with Gasteiger partial charge in [-0.15, -0.1) is 0 Å². The maximum Gasteiger partial charge on any atom is 0.228 e. The lowest BCUT2D eigenvalue weighted by Crippen LogP contribution is -2.17. The minimum atomic E-state index is -0.817. The lowest BCUT2D eigenvalue weighted by Gasteiger charge is -2.13. The van der Waals surface area contributed by atoms with Gasteiger partial charge in [-0.3, -0.25) is 4.79 Å². The van der Waals surface area contributed by atoms with Crippen molar-refractivity contribution in [1.29, 1.82) is 0 Å². The topological polar surface area (TPSA) is 47.6 Å². The first kappa shape index (κ1) is 16.7. The van der Waals surface area contributed by atoms with Crippen LogP contribution in [0, 0.1) is 18.6 Å². The van der Waals surface area contributed by atoms with Crippen LogP contribution >= 0.6 is 0 Å². The van der Waals surface area contributed by atoms with Gasteiger partial charge in [0, 0.05) is 0 Å². The van der Waals surface area contributed by atoms with Crippen LogP contribution in [0.5, 0.6) is 11.5 Å². The van der Waals surface area contributed by atoms with E-state index in [0.29, 0.717) is 17.1 Å². The van der Waals surface area contributed by atoms with Gasteiger partial charge in [0.2, 0.25) is 5.91 Å². The fourth-order valence-corrected chi connectivity index (χ4v) is 2.19. The van der Waals surface area contributed by atoms with Gasteiger partial charge >= 0.3 is 0 Å². The second kappa shape index (κ2) is 7.09. The van der Waals surface area contributed by atoms with E-state index in [1.165, 1.54) is 20.3 Å². The van der Waals surface area contributed by atoms with Gasteiger partial charge in [0.15, 0.2) is 11.5 Å². The predicted octanol–water partition coefficient (Wildman–Crippen LogP) is 3.47. The van der Waals surface area contributed by atoms with E-state index in [0.717, 1.165) is 17.7 Å².